The standard InChI is InChI=1S/C13H15F3N2O4S/c14-13(15,16)22-11-4-2-1-3-10(11)7-18-6-9(5-12(18)19)8-23(17,20)21/h1-4,9H,5-8H2,(H2,17,20,21). The van der Waals surface area contributed by atoms with E-state index >= 15 is 0 Å². The number of carbonyl (C=O) groups is 1. The maximum atomic E-state index is 12.4. The van der Waals surface area contributed by atoms with E-state index in [0.717, 1.165) is 6.07 Å². The van der Waals surface area contributed by atoms with E-state index < -0.39 is 22.3 Å². The number of amides is 1. The first-order chi connectivity index (χ1) is 10.5. The van der Waals surface area contributed by atoms with E-state index in [1.54, 1.807) is 0 Å². The molecular formula is C13H15F3N2O4S. The molecule has 6 nitrogen and oxygen atoms in total. The van der Waals surface area contributed by atoms with Crippen LogP contribution >= 0.6 is 0 Å². The Morgan fingerprint density at radius 3 is 2.57 bits per heavy atom. The highest BCUT2D eigenvalue weighted by Crippen LogP contribution is 2.29. The average molecular weight is 352 g/mol. The second-order valence-electron chi connectivity index (χ2n) is 5.33. The summed E-state index contributed by atoms with van der Waals surface area (Å²) < 4.78 is 63.2. The van der Waals surface area contributed by atoms with Gasteiger partial charge in [-0.1, -0.05) is 18.2 Å². The van der Waals surface area contributed by atoms with Crippen LogP contribution in [0.5, 0.6) is 5.75 Å². The topological polar surface area (TPSA) is 89.7 Å². The van der Waals surface area contributed by atoms with E-state index in [1.165, 1.54) is 23.1 Å². The van der Waals surface area contributed by atoms with Gasteiger partial charge in [0.1, 0.15) is 5.75 Å². The van der Waals surface area contributed by atoms with Gasteiger partial charge in [-0.15, -0.1) is 13.2 Å². The molecule has 1 aromatic carbocycles. The molecule has 2 rings (SSSR count). The molecular weight excluding hydrogens is 337 g/mol. The second kappa shape index (κ2) is 6.36. The van der Waals surface area contributed by atoms with E-state index in [1.807, 2.05) is 0 Å². The summed E-state index contributed by atoms with van der Waals surface area (Å²) in [7, 11) is -3.71. The van der Waals surface area contributed by atoms with Crippen molar-refractivity contribution in [2.75, 3.05) is 12.3 Å². The van der Waals surface area contributed by atoms with Crippen molar-refractivity contribution >= 4 is 15.9 Å². The Hall–Kier alpha value is -1.81. The minimum atomic E-state index is -4.83. The van der Waals surface area contributed by atoms with Crippen LogP contribution in [0.25, 0.3) is 0 Å². The molecule has 128 valence electrons. The molecule has 0 bridgehead atoms. The van der Waals surface area contributed by atoms with E-state index in [0.29, 0.717) is 0 Å². The average Bonchev–Trinajstić information content (AvgIpc) is 2.68. The lowest BCUT2D eigenvalue weighted by Crippen LogP contribution is -2.28. The number of halogens is 3. The van der Waals surface area contributed by atoms with Crippen LogP contribution in [0.3, 0.4) is 0 Å². The highest BCUT2D eigenvalue weighted by Gasteiger charge is 2.34. The largest absolute Gasteiger partial charge is 0.573 e. The number of para-hydroxylation sites is 1. The van der Waals surface area contributed by atoms with Crippen molar-refractivity contribution in [1.29, 1.82) is 0 Å². The van der Waals surface area contributed by atoms with Gasteiger partial charge in [0.15, 0.2) is 0 Å². The van der Waals surface area contributed by atoms with E-state index in [9.17, 15) is 26.4 Å². The molecule has 1 aliphatic rings. The van der Waals surface area contributed by atoms with E-state index in [-0.39, 0.29) is 42.5 Å². The van der Waals surface area contributed by atoms with Gasteiger partial charge in [0.05, 0.1) is 5.75 Å². The fourth-order valence-corrected chi connectivity index (χ4v) is 3.39. The number of nitrogens with two attached hydrogens (primary N) is 1. The summed E-state index contributed by atoms with van der Waals surface area (Å²) >= 11 is 0. The van der Waals surface area contributed by atoms with Crippen LogP contribution in [0.1, 0.15) is 12.0 Å². The van der Waals surface area contributed by atoms with Crippen LogP contribution in [0.4, 0.5) is 13.2 Å². The van der Waals surface area contributed by atoms with Gasteiger partial charge in [0, 0.05) is 31.0 Å². The molecule has 1 atom stereocenters. The van der Waals surface area contributed by atoms with Crippen molar-refractivity contribution in [2.24, 2.45) is 11.1 Å². The maximum absolute atomic E-state index is 12.4. The van der Waals surface area contributed by atoms with Gasteiger partial charge >= 0.3 is 6.36 Å². The molecule has 10 heteroatoms. The molecule has 1 saturated heterocycles. The molecule has 1 unspecified atom stereocenters. The van der Waals surface area contributed by atoms with Crippen LogP contribution in [-0.2, 0) is 21.4 Å². The van der Waals surface area contributed by atoms with Crippen molar-refractivity contribution in [2.45, 2.75) is 19.3 Å². The summed E-state index contributed by atoms with van der Waals surface area (Å²) in [6.07, 6.45) is -4.83. The van der Waals surface area contributed by atoms with Crippen LogP contribution in [0.15, 0.2) is 24.3 Å². The van der Waals surface area contributed by atoms with Gasteiger partial charge in [-0.2, -0.15) is 0 Å². The minimum Gasteiger partial charge on any atom is -0.405 e. The first-order valence-electron chi connectivity index (χ1n) is 6.65. The zero-order valence-corrected chi connectivity index (χ0v) is 12.7. The Balaban J connectivity index is 2.09. The zero-order valence-electron chi connectivity index (χ0n) is 11.9. The Labute approximate surface area is 131 Å². The lowest BCUT2D eigenvalue weighted by Gasteiger charge is -2.19. The molecule has 1 aliphatic heterocycles. The van der Waals surface area contributed by atoms with Gasteiger partial charge in [0.25, 0.3) is 0 Å². The summed E-state index contributed by atoms with van der Waals surface area (Å²) in [6, 6.07) is 5.49. The van der Waals surface area contributed by atoms with Crippen molar-refractivity contribution < 1.29 is 31.1 Å². The third-order valence-corrected chi connectivity index (χ3v) is 4.26. The molecule has 0 aromatic heterocycles. The number of hydrogen-bond acceptors (Lipinski definition) is 4. The van der Waals surface area contributed by atoms with Gasteiger partial charge in [-0.25, -0.2) is 13.6 Å². The predicted molar refractivity (Wildman–Crippen MR) is 74.6 cm³/mol. The number of sulfonamides is 1. The molecule has 1 fully saturated rings. The van der Waals surface area contributed by atoms with E-state index in [2.05, 4.69) is 4.74 Å². The number of primary sulfonamides is 1. The van der Waals surface area contributed by atoms with Gasteiger partial charge in [0.2, 0.25) is 15.9 Å². The minimum absolute atomic E-state index is 0.00126. The summed E-state index contributed by atoms with van der Waals surface area (Å²) in [5.41, 5.74) is 0.189. The summed E-state index contributed by atoms with van der Waals surface area (Å²) in [5, 5.41) is 4.95. The first-order valence-corrected chi connectivity index (χ1v) is 8.37. The third kappa shape index (κ3) is 5.39. The van der Waals surface area contributed by atoms with Crippen molar-refractivity contribution in [1.82, 2.24) is 4.90 Å². The Morgan fingerprint density at radius 1 is 1.30 bits per heavy atom. The van der Waals surface area contributed by atoms with Crippen molar-refractivity contribution in [3.05, 3.63) is 29.8 Å². The number of hydrogen-bond donors (Lipinski definition) is 1. The molecule has 1 amide bonds. The summed E-state index contributed by atoms with van der Waals surface area (Å²) in [6.45, 7) is 0.0296. The van der Waals surface area contributed by atoms with Crippen molar-refractivity contribution in [3.8, 4) is 5.75 Å². The molecule has 0 radical (unpaired) electrons. The van der Waals surface area contributed by atoms with Gasteiger partial charge in [-0.05, 0) is 6.07 Å². The molecule has 2 N–H and O–H groups in total. The SMILES string of the molecule is NS(=O)(=O)CC1CC(=O)N(Cc2ccccc2OC(F)(F)F)C1. The summed E-state index contributed by atoms with van der Waals surface area (Å²) in [4.78, 5) is 13.2. The normalized spacial score (nSPS) is 19.2. The predicted octanol–water partition coefficient (Wildman–Crippen LogP) is 1.22. The quantitative estimate of drug-likeness (QED) is 0.863. The molecule has 0 aliphatic carbocycles. The number of nitrogens with zero attached hydrogens (tertiary/aromatic N) is 1. The fourth-order valence-electron chi connectivity index (χ4n) is 2.51. The van der Waals surface area contributed by atoms with Gasteiger partial charge in [-0.3, -0.25) is 4.79 Å². The Bertz CT molecular complexity index is 691. The Morgan fingerprint density at radius 2 is 1.96 bits per heavy atom. The fraction of sp³-hybridized carbons (Fsp3) is 0.462. The number of benzene rings is 1. The molecule has 0 spiro atoms. The van der Waals surface area contributed by atoms with Crippen LogP contribution in [0, 0.1) is 5.92 Å². The van der Waals surface area contributed by atoms with Gasteiger partial charge < -0.3 is 9.64 Å². The third-order valence-electron chi connectivity index (χ3n) is 3.32. The maximum Gasteiger partial charge on any atom is 0.573 e. The van der Waals surface area contributed by atoms with Crippen molar-refractivity contribution in [3.63, 3.8) is 0 Å². The number of carbonyl (C=O) groups excluding carboxylic acids is 1. The Kier molecular flexibility index (Phi) is 4.85. The van der Waals surface area contributed by atoms with Crippen LogP contribution in [-0.4, -0.2) is 37.9 Å². The van der Waals surface area contributed by atoms with Crippen LogP contribution < -0.4 is 9.88 Å². The highest BCUT2D eigenvalue weighted by molar-refractivity contribution is 7.89. The molecule has 1 aromatic rings. The molecule has 1 heterocycles. The number of rotatable bonds is 5. The highest BCUT2D eigenvalue weighted by atomic mass is 32.2. The van der Waals surface area contributed by atoms with E-state index in [4.69, 9.17) is 5.14 Å². The molecule has 0 saturated carbocycles. The summed E-state index contributed by atoms with van der Waals surface area (Å²) in [5.74, 6) is -1.52. The monoisotopic (exact) mass is 352 g/mol. The molecule has 23 heavy (non-hydrogen) atoms. The smallest absolute Gasteiger partial charge is 0.405 e. The number of ether oxygens (including phenoxy) is 1. The second-order valence-corrected chi connectivity index (χ2v) is 6.99. The zero-order chi connectivity index (χ0) is 17.3. The lowest BCUT2D eigenvalue weighted by atomic mass is 10.1. The van der Waals surface area contributed by atoms with Crippen LogP contribution in [0.2, 0.25) is 0 Å². The first kappa shape index (κ1) is 17.5. The number of likely N-dealkylation sites (tertiary alicyclic amines) is 1. The number of alkyl halides is 3. The lowest BCUT2D eigenvalue weighted by molar-refractivity contribution is -0.275.